The molecule has 3 aromatic rings. The van der Waals surface area contributed by atoms with Gasteiger partial charge in [0.2, 0.25) is 5.91 Å². The number of nitrogens with zero attached hydrogens (tertiary/aromatic N) is 1. The van der Waals surface area contributed by atoms with Crippen molar-refractivity contribution in [3.8, 4) is 5.75 Å². The maximum absolute atomic E-state index is 13.0. The lowest BCUT2D eigenvalue weighted by Crippen LogP contribution is -2.36. The summed E-state index contributed by atoms with van der Waals surface area (Å²) in [7, 11) is -4.51. The average molecular weight is 518 g/mol. The van der Waals surface area contributed by atoms with E-state index in [4.69, 9.17) is 4.18 Å². The molecule has 3 aromatic carbocycles. The Kier molecular flexibility index (Phi) is 8.57. The molecule has 0 N–H and O–H groups in total. The number of hydrogen-bond donors (Lipinski definition) is 0. The predicted octanol–water partition coefficient (Wildman–Crippen LogP) is 6.31. The number of amides is 1. The number of hydrogen-bond acceptors (Lipinski definition) is 4. The van der Waals surface area contributed by atoms with Crippen LogP contribution in [0.25, 0.3) is 6.08 Å². The summed E-state index contributed by atoms with van der Waals surface area (Å²) in [4.78, 5) is 14.0. The van der Waals surface area contributed by atoms with Gasteiger partial charge in [-0.05, 0) is 60.9 Å². The summed E-state index contributed by atoms with van der Waals surface area (Å²) in [5.41, 5.74) is 0.394. The molecular formula is C27H26F3NO4S. The number of carbonyl (C=O) groups excluding carboxylic acids is 1. The lowest BCUT2D eigenvalue weighted by molar-refractivity contribution is -0.137. The molecule has 0 saturated carbocycles. The van der Waals surface area contributed by atoms with Gasteiger partial charge in [-0.3, -0.25) is 4.79 Å². The molecule has 190 valence electrons. The van der Waals surface area contributed by atoms with Crippen molar-refractivity contribution in [2.75, 3.05) is 0 Å². The molecule has 1 atom stereocenters. The van der Waals surface area contributed by atoms with Gasteiger partial charge in [0, 0.05) is 18.7 Å². The molecule has 3 rings (SSSR count). The molecule has 0 radical (unpaired) electrons. The first kappa shape index (κ1) is 27.0. The summed E-state index contributed by atoms with van der Waals surface area (Å²) < 4.78 is 69.4. The summed E-state index contributed by atoms with van der Waals surface area (Å²) in [5.74, 6) is -0.280. The highest BCUT2D eigenvalue weighted by molar-refractivity contribution is 7.87. The van der Waals surface area contributed by atoms with Crippen LogP contribution in [0.2, 0.25) is 0 Å². The van der Waals surface area contributed by atoms with Crippen LogP contribution in [0.15, 0.2) is 89.8 Å². The molecule has 0 aliphatic rings. The van der Waals surface area contributed by atoms with Crippen molar-refractivity contribution in [2.24, 2.45) is 0 Å². The number of benzene rings is 3. The van der Waals surface area contributed by atoms with Gasteiger partial charge >= 0.3 is 16.3 Å². The maximum atomic E-state index is 13.0. The molecular weight excluding hydrogens is 491 g/mol. The van der Waals surface area contributed by atoms with Crippen LogP contribution in [0, 0.1) is 0 Å². The van der Waals surface area contributed by atoms with Crippen molar-refractivity contribution in [3.63, 3.8) is 0 Å². The Morgan fingerprint density at radius 2 is 1.69 bits per heavy atom. The topological polar surface area (TPSA) is 63.7 Å². The molecule has 0 spiro atoms. The molecule has 0 fully saturated rings. The van der Waals surface area contributed by atoms with Crippen molar-refractivity contribution < 1.29 is 30.6 Å². The van der Waals surface area contributed by atoms with E-state index in [1.165, 1.54) is 18.2 Å². The van der Waals surface area contributed by atoms with E-state index in [9.17, 15) is 26.4 Å². The third kappa shape index (κ3) is 7.21. The summed E-state index contributed by atoms with van der Waals surface area (Å²) in [6.45, 7) is 4.05. The van der Waals surface area contributed by atoms with Crippen LogP contribution in [-0.2, 0) is 27.6 Å². The minimum atomic E-state index is -4.69. The minimum Gasteiger partial charge on any atom is -0.379 e. The number of rotatable bonds is 9. The average Bonchev–Trinajstić information content (AvgIpc) is 2.85. The Morgan fingerprint density at radius 3 is 2.36 bits per heavy atom. The van der Waals surface area contributed by atoms with Crippen LogP contribution >= 0.6 is 0 Å². The Hall–Kier alpha value is -3.59. The molecule has 0 heterocycles. The van der Waals surface area contributed by atoms with Crippen molar-refractivity contribution >= 4 is 22.1 Å². The quantitative estimate of drug-likeness (QED) is 0.246. The van der Waals surface area contributed by atoms with Gasteiger partial charge in [0.1, 0.15) is 10.6 Å². The second-order valence-electron chi connectivity index (χ2n) is 8.18. The molecule has 0 saturated heterocycles. The number of alkyl halides is 3. The monoisotopic (exact) mass is 517 g/mol. The zero-order valence-corrected chi connectivity index (χ0v) is 20.6. The third-order valence-corrected chi connectivity index (χ3v) is 6.77. The standard InChI is InChI=1S/C27H26F3NO4S/c1-3-20(2)31(26(32)16-15-21-9-5-4-6-10-21)19-22-11-7-13-24(17-22)35-36(33,34)25-14-8-12-23(18-25)27(28,29)30/h4-18,20H,3,19H2,1-2H3. The van der Waals surface area contributed by atoms with E-state index >= 15 is 0 Å². The van der Waals surface area contributed by atoms with E-state index in [-0.39, 0.29) is 24.2 Å². The fourth-order valence-electron chi connectivity index (χ4n) is 3.39. The zero-order chi connectivity index (χ0) is 26.3. The normalized spacial score (nSPS) is 12.9. The predicted molar refractivity (Wildman–Crippen MR) is 131 cm³/mol. The fraction of sp³-hybridized carbons (Fsp3) is 0.222. The van der Waals surface area contributed by atoms with Crippen molar-refractivity contribution in [3.05, 3.63) is 102 Å². The van der Waals surface area contributed by atoms with Gasteiger partial charge in [-0.1, -0.05) is 55.5 Å². The summed E-state index contributed by atoms with van der Waals surface area (Å²) in [5, 5.41) is 0. The van der Waals surface area contributed by atoms with E-state index in [2.05, 4.69) is 0 Å². The molecule has 1 amide bonds. The second-order valence-corrected chi connectivity index (χ2v) is 9.72. The Bertz CT molecular complexity index is 1320. The molecule has 36 heavy (non-hydrogen) atoms. The lowest BCUT2D eigenvalue weighted by Gasteiger charge is -2.28. The van der Waals surface area contributed by atoms with Crippen LogP contribution in [-0.4, -0.2) is 25.3 Å². The summed E-state index contributed by atoms with van der Waals surface area (Å²) in [6.07, 6.45) is -0.782. The van der Waals surface area contributed by atoms with Crippen LogP contribution in [0.4, 0.5) is 13.2 Å². The van der Waals surface area contributed by atoms with Gasteiger partial charge in [0.25, 0.3) is 0 Å². The smallest absolute Gasteiger partial charge is 0.379 e. The van der Waals surface area contributed by atoms with E-state index in [1.807, 2.05) is 44.2 Å². The highest BCUT2D eigenvalue weighted by Gasteiger charge is 2.32. The van der Waals surface area contributed by atoms with E-state index in [1.54, 1.807) is 23.1 Å². The van der Waals surface area contributed by atoms with Gasteiger partial charge < -0.3 is 9.08 Å². The fourth-order valence-corrected chi connectivity index (χ4v) is 4.36. The van der Waals surface area contributed by atoms with Gasteiger partial charge in [0.15, 0.2) is 0 Å². The Morgan fingerprint density at radius 1 is 1.00 bits per heavy atom. The molecule has 5 nitrogen and oxygen atoms in total. The first-order chi connectivity index (χ1) is 17.0. The van der Waals surface area contributed by atoms with Gasteiger partial charge in [0.05, 0.1) is 5.56 Å². The molecule has 9 heteroatoms. The minimum absolute atomic E-state index is 0.0683. The molecule has 0 aliphatic heterocycles. The van der Waals surface area contributed by atoms with Gasteiger partial charge in [-0.25, -0.2) is 0 Å². The molecule has 0 aromatic heterocycles. The number of carbonyl (C=O) groups is 1. The molecule has 0 bridgehead atoms. The van der Waals surface area contributed by atoms with Crippen molar-refractivity contribution in [1.29, 1.82) is 0 Å². The van der Waals surface area contributed by atoms with Crippen LogP contribution in [0.1, 0.15) is 37.0 Å². The van der Waals surface area contributed by atoms with Crippen molar-refractivity contribution in [2.45, 2.75) is 43.9 Å². The van der Waals surface area contributed by atoms with Crippen LogP contribution in [0.3, 0.4) is 0 Å². The largest absolute Gasteiger partial charge is 0.416 e. The number of halogens is 3. The van der Waals surface area contributed by atoms with Crippen LogP contribution < -0.4 is 4.18 Å². The first-order valence-electron chi connectivity index (χ1n) is 11.2. The second kappa shape index (κ2) is 11.4. The Labute approximate surface area is 209 Å². The molecule has 0 aliphatic carbocycles. The summed E-state index contributed by atoms with van der Waals surface area (Å²) >= 11 is 0. The van der Waals surface area contributed by atoms with Crippen molar-refractivity contribution in [1.82, 2.24) is 4.90 Å². The lowest BCUT2D eigenvalue weighted by atomic mass is 10.1. The highest BCUT2D eigenvalue weighted by atomic mass is 32.2. The maximum Gasteiger partial charge on any atom is 0.416 e. The summed E-state index contributed by atoms with van der Waals surface area (Å²) in [6, 6.07) is 18.8. The van der Waals surface area contributed by atoms with E-state index in [0.29, 0.717) is 18.1 Å². The van der Waals surface area contributed by atoms with Gasteiger partial charge in [-0.15, -0.1) is 0 Å². The SMILES string of the molecule is CCC(C)N(Cc1cccc(OS(=O)(=O)c2cccc(C(F)(F)F)c2)c1)C(=O)C=Cc1ccccc1. The molecule has 1 unspecified atom stereocenters. The first-order valence-corrected chi connectivity index (χ1v) is 12.6. The zero-order valence-electron chi connectivity index (χ0n) is 19.8. The van der Waals surface area contributed by atoms with Crippen LogP contribution in [0.5, 0.6) is 5.75 Å². The van der Waals surface area contributed by atoms with Gasteiger partial charge in [-0.2, -0.15) is 21.6 Å². The third-order valence-electron chi connectivity index (χ3n) is 5.53. The Balaban J connectivity index is 1.80. The van der Waals surface area contributed by atoms with E-state index < -0.39 is 26.8 Å². The highest BCUT2D eigenvalue weighted by Crippen LogP contribution is 2.31. The van der Waals surface area contributed by atoms with E-state index in [0.717, 1.165) is 23.8 Å².